The van der Waals surface area contributed by atoms with Crippen molar-refractivity contribution in [2.24, 2.45) is 11.1 Å². The molecule has 4 atom stereocenters. The fraction of sp³-hybridized carbons (Fsp3) is 0.436. The zero-order chi connectivity index (χ0) is 40.0. The number of halogens is 2. The lowest BCUT2D eigenvalue weighted by Crippen LogP contribution is -2.51. The SMILES string of the molecule is CC(=O)NCCN(C[C@@]12C[C@@H]1N(C(=O)CNC(=O)c1ccc3c(c1)-c1ccccc1C3(F)F)[C@H](C(=O)N[C@H](C)c1cc(C(=N)N)cs1)C2)C(=O)OC(C)(C)C. The minimum absolute atomic E-state index is 0.0948. The van der Waals surface area contributed by atoms with Gasteiger partial charge < -0.3 is 36.2 Å². The normalized spacial score (nSPS) is 20.7. The standard InChI is InChI=1S/C39H45F2N7O6S/c1-21(30-15-24(19-55-30)33(42)43)46-35(52)29-16-38(20-47(13-12-44-22(2)49)36(53)54-37(3,4)5)17-31(38)48(29)32(50)18-45-34(51)23-10-11-28-26(14-23)25-8-6-7-9-27(25)39(28,40)41/h6-11,14-15,19,21,29,31H,12-13,16-18,20H2,1-5H3,(H3,42,43)(H,44,49)(H,45,51)(H,46,52)/t21-,29+,31+,38-/m1/s1. The molecule has 1 saturated carbocycles. The number of alkyl halides is 2. The first-order valence-electron chi connectivity index (χ1n) is 18.0. The van der Waals surface area contributed by atoms with Crippen molar-refractivity contribution in [3.05, 3.63) is 81.0 Å². The van der Waals surface area contributed by atoms with E-state index in [-0.39, 0.29) is 60.1 Å². The van der Waals surface area contributed by atoms with E-state index in [4.69, 9.17) is 15.9 Å². The molecule has 13 nitrogen and oxygen atoms in total. The Kier molecular flexibility index (Phi) is 10.5. The summed E-state index contributed by atoms with van der Waals surface area (Å²) in [5, 5.41) is 17.7. The molecule has 2 aromatic carbocycles. The van der Waals surface area contributed by atoms with Crippen LogP contribution in [0, 0.1) is 10.8 Å². The molecule has 3 aliphatic rings. The Morgan fingerprint density at radius 1 is 1.04 bits per heavy atom. The smallest absolute Gasteiger partial charge is 0.410 e. The summed E-state index contributed by atoms with van der Waals surface area (Å²) in [7, 11) is 0. The van der Waals surface area contributed by atoms with Gasteiger partial charge in [0.2, 0.25) is 17.7 Å². The highest BCUT2D eigenvalue weighted by molar-refractivity contribution is 7.10. The van der Waals surface area contributed by atoms with Crippen LogP contribution < -0.4 is 21.7 Å². The van der Waals surface area contributed by atoms with E-state index in [1.54, 1.807) is 51.3 Å². The Morgan fingerprint density at radius 3 is 2.42 bits per heavy atom. The highest BCUT2D eigenvalue weighted by Crippen LogP contribution is 2.60. The van der Waals surface area contributed by atoms with Gasteiger partial charge in [0, 0.05) is 70.5 Å². The molecular formula is C39H45F2N7O6S. The lowest BCUT2D eigenvalue weighted by atomic mass is 9.98. The monoisotopic (exact) mass is 777 g/mol. The van der Waals surface area contributed by atoms with Gasteiger partial charge >= 0.3 is 6.09 Å². The van der Waals surface area contributed by atoms with Crippen LogP contribution in [0.1, 0.15) is 85.4 Å². The third kappa shape index (κ3) is 8.04. The Morgan fingerprint density at radius 2 is 1.75 bits per heavy atom. The number of thiophene rings is 1. The lowest BCUT2D eigenvalue weighted by molar-refractivity contribution is -0.139. The number of likely N-dealkylation sites (tertiary alicyclic amines) is 1. The first kappa shape index (κ1) is 39.3. The van der Waals surface area contributed by atoms with E-state index in [9.17, 15) is 24.0 Å². The molecule has 2 heterocycles. The zero-order valence-electron chi connectivity index (χ0n) is 31.3. The predicted octanol–water partition coefficient (Wildman–Crippen LogP) is 4.49. The summed E-state index contributed by atoms with van der Waals surface area (Å²) in [4.78, 5) is 70.1. The second-order valence-corrected chi connectivity index (χ2v) is 16.4. The number of benzene rings is 2. The van der Waals surface area contributed by atoms with Crippen molar-refractivity contribution in [1.29, 1.82) is 5.41 Å². The number of nitrogens with one attached hydrogen (secondary N) is 4. The highest BCUT2D eigenvalue weighted by Gasteiger charge is 2.67. The maximum absolute atomic E-state index is 15.1. The first-order valence-corrected chi connectivity index (χ1v) is 18.9. The largest absolute Gasteiger partial charge is 0.444 e. The molecular weight excluding hydrogens is 733 g/mol. The third-order valence-corrected chi connectivity index (χ3v) is 11.3. The predicted molar refractivity (Wildman–Crippen MR) is 202 cm³/mol. The van der Waals surface area contributed by atoms with Crippen molar-refractivity contribution < 1.29 is 37.5 Å². The molecule has 55 heavy (non-hydrogen) atoms. The number of nitrogens with zero attached hydrogens (tertiary/aromatic N) is 2. The van der Waals surface area contributed by atoms with Crippen molar-refractivity contribution >= 4 is 46.9 Å². The van der Waals surface area contributed by atoms with Crippen LogP contribution in [0.15, 0.2) is 53.9 Å². The molecule has 5 amide bonds. The Hall–Kier alpha value is -5.38. The molecule has 6 rings (SSSR count). The van der Waals surface area contributed by atoms with E-state index in [1.165, 1.54) is 58.4 Å². The fourth-order valence-electron chi connectivity index (χ4n) is 7.52. The number of piperidine rings is 1. The van der Waals surface area contributed by atoms with Gasteiger partial charge in [-0.2, -0.15) is 8.78 Å². The maximum Gasteiger partial charge on any atom is 0.410 e. The number of rotatable bonds is 12. The molecule has 1 saturated heterocycles. The van der Waals surface area contributed by atoms with Gasteiger partial charge in [0.05, 0.1) is 12.6 Å². The van der Waals surface area contributed by atoms with E-state index >= 15 is 8.78 Å². The lowest BCUT2D eigenvalue weighted by Gasteiger charge is -2.30. The quantitative estimate of drug-likeness (QED) is 0.132. The van der Waals surface area contributed by atoms with Crippen LogP contribution in [0.5, 0.6) is 0 Å². The molecule has 3 aromatic rings. The summed E-state index contributed by atoms with van der Waals surface area (Å²) >= 11 is 1.33. The average molecular weight is 778 g/mol. The van der Waals surface area contributed by atoms with Crippen molar-refractivity contribution in [2.75, 3.05) is 26.2 Å². The Labute approximate surface area is 321 Å². The number of carbonyl (C=O) groups excluding carboxylic acids is 5. The van der Waals surface area contributed by atoms with Gasteiger partial charge in [-0.15, -0.1) is 11.3 Å². The molecule has 1 aromatic heterocycles. The number of fused-ring (bicyclic) bond motifs is 4. The van der Waals surface area contributed by atoms with Crippen LogP contribution >= 0.6 is 11.3 Å². The number of hydrogen-bond donors (Lipinski definition) is 5. The summed E-state index contributed by atoms with van der Waals surface area (Å²) < 4.78 is 35.9. The number of nitrogen functional groups attached to an aromatic ring is 1. The van der Waals surface area contributed by atoms with Gasteiger partial charge in [-0.25, -0.2) is 4.79 Å². The van der Waals surface area contributed by atoms with Crippen LogP contribution in [0.4, 0.5) is 13.6 Å². The van der Waals surface area contributed by atoms with E-state index in [0.717, 1.165) is 4.88 Å². The Bertz CT molecular complexity index is 2060. The minimum atomic E-state index is -3.21. The third-order valence-electron chi connectivity index (χ3n) is 10.2. The van der Waals surface area contributed by atoms with E-state index in [1.807, 2.05) is 0 Å². The second-order valence-electron chi connectivity index (χ2n) is 15.4. The van der Waals surface area contributed by atoms with Gasteiger partial charge in [-0.1, -0.05) is 30.3 Å². The summed E-state index contributed by atoms with van der Waals surface area (Å²) in [5.74, 6) is -5.18. The number of ether oxygens (including phenoxy) is 1. The van der Waals surface area contributed by atoms with Crippen LogP contribution in [-0.2, 0) is 25.0 Å². The Balaban J connectivity index is 1.21. The molecule has 2 aliphatic carbocycles. The molecule has 0 spiro atoms. The van der Waals surface area contributed by atoms with E-state index in [0.29, 0.717) is 17.5 Å². The van der Waals surface area contributed by atoms with E-state index < -0.39 is 65.4 Å². The first-order chi connectivity index (χ1) is 25.8. The van der Waals surface area contributed by atoms with Crippen LogP contribution in [-0.4, -0.2) is 89.2 Å². The fourth-order valence-corrected chi connectivity index (χ4v) is 8.44. The summed E-state index contributed by atoms with van der Waals surface area (Å²) in [6, 6.07) is 9.87. The average Bonchev–Trinajstić information content (AvgIpc) is 3.39. The van der Waals surface area contributed by atoms with Crippen LogP contribution in [0.3, 0.4) is 0 Å². The molecule has 292 valence electrons. The number of nitrogens with two attached hydrogens (primary N) is 1. The van der Waals surface area contributed by atoms with Crippen LogP contribution in [0.25, 0.3) is 11.1 Å². The summed E-state index contributed by atoms with van der Waals surface area (Å²) in [6.45, 7) is 8.35. The van der Waals surface area contributed by atoms with Crippen molar-refractivity contribution in [1.82, 2.24) is 25.8 Å². The zero-order valence-corrected chi connectivity index (χ0v) is 32.1. The molecule has 0 unspecified atom stereocenters. The summed E-state index contributed by atoms with van der Waals surface area (Å²) in [5.41, 5.74) is 5.01. The van der Waals surface area contributed by atoms with Gasteiger partial charge in [0.25, 0.3) is 11.8 Å². The topological polar surface area (TPSA) is 187 Å². The molecule has 6 N–H and O–H groups in total. The number of hydrogen-bond acceptors (Lipinski definition) is 8. The number of carbonyl (C=O) groups is 5. The second kappa shape index (κ2) is 14.7. The van der Waals surface area contributed by atoms with Crippen molar-refractivity contribution in [3.8, 4) is 11.1 Å². The van der Waals surface area contributed by atoms with Gasteiger partial charge in [0.1, 0.15) is 17.5 Å². The molecule has 1 aliphatic heterocycles. The van der Waals surface area contributed by atoms with Crippen molar-refractivity contribution in [3.63, 3.8) is 0 Å². The molecule has 16 heteroatoms. The molecule has 0 bridgehead atoms. The van der Waals surface area contributed by atoms with E-state index in [2.05, 4.69) is 16.0 Å². The van der Waals surface area contributed by atoms with Gasteiger partial charge in [-0.05, 0) is 69.9 Å². The van der Waals surface area contributed by atoms with Crippen LogP contribution in [0.2, 0.25) is 0 Å². The minimum Gasteiger partial charge on any atom is -0.444 e. The highest BCUT2D eigenvalue weighted by atomic mass is 32.1. The number of amides is 5. The summed E-state index contributed by atoms with van der Waals surface area (Å²) in [6.07, 6.45) is 0.103. The molecule has 0 radical (unpaired) electrons. The number of amidine groups is 1. The van der Waals surface area contributed by atoms with Gasteiger partial charge in [-0.3, -0.25) is 24.6 Å². The van der Waals surface area contributed by atoms with Gasteiger partial charge in [0.15, 0.2) is 0 Å². The maximum atomic E-state index is 15.1. The molecule has 2 fully saturated rings. The van der Waals surface area contributed by atoms with Crippen molar-refractivity contribution in [2.45, 2.75) is 77.1 Å².